The number of carbonyl (C=O) groups is 3. The molecule has 45 heavy (non-hydrogen) atoms. The number of benzene rings is 3. The third kappa shape index (κ3) is 7.52. The molecule has 7 nitrogen and oxygen atoms in total. The zero-order valence-corrected chi connectivity index (χ0v) is 27.4. The number of aliphatic carboxylic acids is 1. The van der Waals surface area contributed by atoms with Crippen LogP contribution in [0.4, 0.5) is 16.2 Å². The van der Waals surface area contributed by atoms with Crippen LogP contribution in [0.2, 0.25) is 5.02 Å². The van der Waals surface area contributed by atoms with Gasteiger partial charge in [0.25, 0.3) is 0 Å². The Bertz CT molecular complexity index is 1540. The molecule has 2 atom stereocenters. The van der Waals surface area contributed by atoms with Crippen molar-refractivity contribution < 1.29 is 19.5 Å². The molecule has 1 aliphatic carbocycles. The first-order chi connectivity index (χ1) is 21.4. The van der Waals surface area contributed by atoms with Crippen LogP contribution in [0.15, 0.2) is 66.7 Å². The van der Waals surface area contributed by atoms with Crippen LogP contribution in [-0.4, -0.2) is 41.0 Å². The van der Waals surface area contributed by atoms with Gasteiger partial charge in [-0.05, 0) is 84.0 Å². The molecule has 0 bridgehead atoms. The number of rotatable bonds is 10. The lowest BCUT2D eigenvalue weighted by molar-refractivity contribution is -0.145. The minimum Gasteiger partial charge on any atom is -0.481 e. The van der Waals surface area contributed by atoms with E-state index in [4.69, 9.17) is 11.6 Å². The Morgan fingerprint density at radius 3 is 2.33 bits per heavy atom. The number of nitrogens with zero attached hydrogens (tertiary/aromatic N) is 2. The molecule has 3 aromatic rings. The Morgan fingerprint density at radius 1 is 1.00 bits per heavy atom. The quantitative estimate of drug-likeness (QED) is 0.236. The summed E-state index contributed by atoms with van der Waals surface area (Å²) >= 11 is 6.15. The molecule has 1 saturated carbocycles. The highest BCUT2D eigenvalue weighted by molar-refractivity contribution is 6.30. The highest BCUT2D eigenvalue weighted by atomic mass is 35.5. The summed E-state index contributed by atoms with van der Waals surface area (Å²) in [5, 5.41) is 13.7. The molecule has 2 unspecified atom stereocenters. The Hall–Kier alpha value is -3.84. The lowest BCUT2D eigenvalue weighted by atomic mass is 9.76. The molecule has 5 rings (SSSR count). The number of urea groups is 1. The minimum atomic E-state index is -0.811. The zero-order chi connectivity index (χ0) is 32.3. The molecule has 2 aliphatic rings. The lowest BCUT2D eigenvalue weighted by Gasteiger charge is -2.28. The van der Waals surface area contributed by atoms with Gasteiger partial charge >= 0.3 is 12.0 Å². The maximum atomic E-state index is 14.0. The first kappa shape index (κ1) is 32.6. The van der Waals surface area contributed by atoms with Gasteiger partial charge in [0.1, 0.15) is 0 Å². The SMILES string of the molecule is Cc1c(CC(C(=O)O)C(C)(C)C)cccc1NC(=O)C(c1ccc(CN2CCN(c3cccc(Cl)c3)C2=O)cc1)C1CCCC1. The number of hydrogen-bond acceptors (Lipinski definition) is 3. The van der Waals surface area contributed by atoms with Gasteiger partial charge in [0.05, 0.1) is 11.8 Å². The van der Waals surface area contributed by atoms with Gasteiger partial charge in [0.2, 0.25) is 5.91 Å². The average molecular weight is 630 g/mol. The number of carboxylic acid groups (broad SMARTS) is 1. The Kier molecular flexibility index (Phi) is 9.88. The normalized spacial score (nSPS) is 17.0. The maximum absolute atomic E-state index is 14.0. The van der Waals surface area contributed by atoms with E-state index in [0.717, 1.165) is 59.3 Å². The number of carboxylic acids is 1. The smallest absolute Gasteiger partial charge is 0.324 e. The standard InChI is InChI=1S/C37H44ClN3O4/c1-24-28(21-31(35(43)44)37(2,3)4)11-7-14-32(24)39-34(42)33(26-9-5-6-10-26)27-17-15-25(16-18-27)23-40-19-20-41(36(40)45)30-13-8-12-29(38)22-30/h7-8,11-18,22,26,31,33H,5-6,9-10,19-21,23H2,1-4H3,(H,39,42)(H,43,44). The van der Waals surface area contributed by atoms with Crippen LogP contribution < -0.4 is 10.2 Å². The summed E-state index contributed by atoms with van der Waals surface area (Å²) in [6.45, 7) is 9.53. The van der Waals surface area contributed by atoms with Crippen LogP contribution in [0, 0.1) is 24.2 Å². The molecule has 1 heterocycles. The van der Waals surface area contributed by atoms with Gasteiger partial charge in [-0.3, -0.25) is 14.5 Å². The van der Waals surface area contributed by atoms with E-state index in [-0.39, 0.29) is 23.8 Å². The van der Waals surface area contributed by atoms with Crippen LogP contribution in [0.25, 0.3) is 0 Å². The third-order valence-electron chi connectivity index (χ3n) is 9.55. The number of anilines is 2. The second kappa shape index (κ2) is 13.7. The predicted molar refractivity (Wildman–Crippen MR) is 180 cm³/mol. The summed E-state index contributed by atoms with van der Waals surface area (Å²) in [5.41, 5.74) is 4.96. The van der Waals surface area contributed by atoms with Gasteiger partial charge in [-0.15, -0.1) is 0 Å². The molecule has 2 N–H and O–H groups in total. The van der Waals surface area contributed by atoms with Crippen LogP contribution in [0.1, 0.15) is 74.6 Å². The highest BCUT2D eigenvalue weighted by Crippen LogP contribution is 2.39. The highest BCUT2D eigenvalue weighted by Gasteiger charge is 2.34. The molecule has 1 aliphatic heterocycles. The summed E-state index contributed by atoms with van der Waals surface area (Å²) in [7, 11) is 0. The second-order valence-electron chi connectivity index (χ2n) is 13.6. The van der Waals surface area contributed by atoms with Crippen LogP contribution in [0.5, 0.6) is 0 Å². The maximum Gasteiger partial charge on any atom is 0.324 e. The van der Waals surface area contributed by atoms with E-state index >= 15 is 0 Å². The fourth-order valence-electron chi connectivity index (χ4n) is 6.83. The molecule has 8 heteroatoms. The first-order valence-electron chi connectivity index (χ1n) is 16.0. The fourth-order valence-corrected chi connectivity index (χ4v) is 7.01. The Morgan fingerprint density at radius 2 is 1.69 bits per heavy atom. The van der Waals surface area contributed by atoms with Gasteiger partial charge in [-0.25, -0.2) is 4.79 Å². The van der Waals surface area contributed by atoms with Crippen molar-refractivity contribution >= 4 is 40.9 Å². The molecular weight excluding hydrogens is 586 g/mol. The predicted octanol–water partition coefficient (Wildman–Crippen LogP) is 8.29. The number of hydrogen-bond donors (Lipinski definition) is 2. The molecule has 0 spiro atoms. The molecule has 3 amide bonds. The van der Waals surface area contributed by atoms with Crippen molar-refractivity contribution in [1.82, 2.24) is 4.90 Å². The van der Waals surface area contributed by atoms with Crippen molar-refractivity contribution in [2.75, 3.05) is 23.3 Å². The van der Waals surface area contributed by atoms with Crippen molar-refractivity contribution in [2.45, 2.75) is 72.3 Å². The van der Waals surface area contributed by atoms with E-state index < -0.39 is 17.3 Å². The summed E-state index contributed by atoms with van der Waals surface area (Å²) in [4.78, 5) is 42.8. The van der Waals surface area contributed by atoms with Gasteiger partial charge in [0, 0.05) is 36.0 Å². The molecule has 2 fully saturated rings. The number of nitrogens with one attached hydrogen (secondary N) is 1. The summed E-state index contributed by atoms with van der Waals surface area (Å²) in [5.74, 6) is -1.43. The van der Waals surface area contributed by atoms with Gasteiger partial charge < -0.3 is 15.3 Å². The van der Waals surface area contributed by atoms with E-state index in [1.807, 2.05) is 93.3 Å². The fraction of sp³-hybridized carbons (Fsp3) is 0.432. The molecule has 0 aromatic heterocycles. The van der Waals surface area contributed by atoms with E-state index in [9.17, 15) is 19.5 Å². The van der Waals surface area contributed by atoms with E-state index in [1.54, 1.807) is 11.0 Å². The largest absolute Gasteiger partial charge is 0.481 e. The van der Waals surface area contributed by atoms with E-state index in [2.05, 4.69) is 5.32 Å². The Labute approximate surface area is 271 Å². The topological polar surface area (TPSA) is 89.9 Å². The Balaban J connectivity index is 1.30. The number of carbonyl (C=O) groups excluding carboxylic acids is 2. The minimum absolute atomic E-state index is 0.0348. The average Bonchev–Trinajstić information content (AvgIpc) is 3.64. The van der Waals surface area contributed by atoms with Gasteiger partial charge in [-0.2, -0.15) is 0 Å². The molecule has 0 radical (unpaired) electrons. The first-order valence-corrected chi connectivity index (χ1v) is 16.3. The summed E-state index contributed by atoms with van der Waals surface area (Å²) in [6.07, 6.45) is 4.65. The number of amides is 3. The van der Waals surface area contributed by atoms with Crippen LogP contribution in [0.3, 0.4) is 0 Å². The van der Waals surface area contributed by atoms with Crippen molar-refractivity contribution in [2.24, 2.45) is 17.3 Å². The molecular formula is C37H44ClN3O4. The lowest BCUT2D eigenvalue weighted by Crippen LogP contribution is -2.31. The molecule has 1 saturated heterocycles. The molecule has 238 valence electrons. The van der Waals surface area contributed by atoms with Gasteiger partial charge in [-0.1, -0.05) is 87.7 Å². The third-order valence-corrected chi connectivity index (χ3v) is 9.79. The monoisotopic (exact) mass is 629 g/mol. The van der Waals surface area contributed by atoms with Crippen LogP contribution >= 0.6 is 11.6 Å². The molecule has 3 aromatic carbocycles. The van der Waals surface area contributed by atoms with Crippen molar-refractivity contribution in [3.05, 3.63) is 94.0 Å². The summed E-state index contributed by atoms with van der Waals surface area (Å²) in [6, 6.07) is 21.2. The van der Waals surface area contributed by atoms with Crippen molar-refractivity contribution in [3.8, 4) is 0 Å². The van der Waals surface area contributed by atoms with E-state index in [0.29, 0.717) is 31.1 Å². The zero-order valence-electron chi connectivity index (χ0n) is 26.7. The van der Waals surface area contributed by atoms with Crippen LogP contribution in [-0.2, 0) is 22.6 Å². The van der Waals surface area contributed by atoms with E-state index in [1.165, 1.54) is 0 Å². The van der Waals surface area contributed by atoms with Crippen molar-refractivity contribution in [3.63, 3.8) is 0 Å². The summed E-state index contributed by atoms with van der Waals surface area (Å²) < 4.78 is 0. The number of halogens is 1. The van der Waals surface area contributed by atoms with Gasteiger partial charge in [0.15, 0.2) is 0 Å². The van der Waals surface area contributed by atoms with Crippen molar-refractivity contribution in [1.29, 1.82) is 0 Å². The second-order valence-corrected chi connectivity index (χ2v) is 14.1.